The molecular formula is C20H31IN6S. The quantitative estimate of drug-likeness (QED) is 0.351. The van der Waals surface area contributed by atoms with Gasteiger partial charge in [0.15, 0.2) is 5.96 Å². The highest BCUT2D eigenvalue weighted by Gasteiger charge is 2.20. The van der Waals surface area contributed by atoms with Gasteiger partial charge in [0, 0.05) is 55.9 Å². The molecule has 154 valence electrons. The molecule has 0 atom stereocenters. The fourth-order valence-corrected chi connectivity index (χ4v) is 3.97. The molecule has 2 aromatic rings. The van der Waals surface area contributed by atoms with Crippen LogP contribution in [-0.2, 0) is 6.42 Å². The van der Waals surface area contributed by atoms with E-state index in [1.807, 2.05) is 12.4 Å². The Bertz CT molecular complexity index is 737. The fourth-order valence-electron chi connectivity index (χ4n) is 3.19. The van der Waals surface area contributed by atoms with E-state index in [0.717, 1.165) is 62.2 Å². The van der Waals surface area contributed by atoms with Crippen LogP contribution in [0.15, 0.2) is 29.5 Å². The standard InChI is InChI=1S/C20H30N6S.HI/c1-4-21-20(22-10-7-19-24-14-16(3)27-19)25-17-8-11-26(12-9-17)18-6-5-15(2)13-23-18;/h5-6,13-14,17H,4,7-12H2,1-3H3,(H2,21,22,25);1H. The normalized spacial score (nSPS) is 15.2. The van der Waals surface area contributed by atoms with E-state index in [1.54, 1.807) is 11.3 Å². The van der Waals surface area contributed by atoms with Crippen molar-refractivity contribution in [3.63, 3.8) is 0 Å². The summed E-state index contributed by atoms with van der Waals surface area (Å²) >= 11 is 1.75. The van der Waals surface area contributed by atoms with Crippen LogP contribution >= 0.6 is 35.3 Å². The Labute approximate surface area is 189 Å². The lowest BCUT2D eigenvalue weighted by Crippen LogP contribution is -2.49. The minimum absolute atomic E-state index is 0. The first-order chi connectivity index (χ1) is 13.1. The van der Waals surface area contributed by atoms with Gasteiger partial charge in [0.25, 0.3) is 0 Å². The van der Waals surface area contributed by atoms with Crippen LogP contribution in [0.25, 0.3) is 0 Å². The maximum absolute atomic E-state index is 4.73. The van der Waals surface area contributed by atoms with Crippen LogP contribution in [0.2, 0.25) is 0 Å². The number of thiazole rings is 1. The predicted molar refractivity (Wildman–Crippen MR) is 129 cm³/mol. The summed E-state index contributed by atoms with van der Waals surface area (Å²) in [4.78, 5) is 17.3. The Morgan fingerprint density at radius 3 is 2.61 bits per heavy atom. The number of aryl methyl sites for hydroxylation is 2. The Morgan fingerprint density at radius 2 is 2.00 bits per heavy atom. The zero-order valence-electron chi connectivity index (χ0n) is 16.9. The molecule has 1 aliphatic heterocycles. The molecule has 2 aromatic heterocycles. The molecule has 0 amide bonds. The van der Waals surface area contributed by atoms with Crippen LogP contribution in [0.3, 0.4) is 0 Å². The number of rotatable bonds is 6. The van der Waals surface area contributed by atoms with Crippen molar-refractivity contribution < 1.29 is 0 Å². The van der Waals surface area contributed by atoms with E-state index >= 15 is 0 Å². The number of pyridine rings is 1. The number of nitrogens with zero attached hydrogens (tertiary/aromatic N) is 4. The number of hydrogen-bond acceptors (Lipinski definition) is 5. The molecule has 28 heavy (non-hydrogen) atoms. The van der Waals surface area contributed by atoms with Gasteiger partial charge in [-0.3, -0.25) is 4.99 Å². The lowest BCUT2D eigenvalue weighted by atomic mass is 10.1. The number of hydrogen-bond donors (Lipinski definition) is 2. The van der Waals surface area contributed by atoms with Crippen molar-refractivity contribution in [3.8, 4) is 0 Å². The highest BCUT2D eigenvalue weighted by Crippen LogP contribution is 2.18. The van der Waals surface area contributed by atoms with Crippen LogP contribution in [0, 0.1) is 13.8 Å². The molecule has 2 N–H and O–H groups in total. The zero-order valence-corrected chi connectivity index (χ0v) is 20.1. The summed E-state index contributed by atoms with van der Waals surface area (Å²) in [5, 5.41) is 8.13. The number of aliphatic imine (C=N–C) groups is 1. The van der Waals surface area contributed by atoms with Crippen molar-refractivity contribution in [2.75, 3.05) is 31.1 Å². The van der Waals surface area contributed by atoms with Gasteiger partial charge in [-0.2, -0.15) is 0 Å². The average molecular weight is 514 g/mol. The number of piperidine rings is 1. The van der Waals surface area contributed by atoms with Gasteiger partial charge in [0.05, 0.1) is 5.01 Å². The van der Waals surface area contributed by atoms with Crippen LogP contribution in [0.5, 0.6) is 0 Å². The van der Waals surface area contributed by atoms with E-state index in [2.05, 4.69) is 58.4 Å². The Balaban J connectivity index is 0.00000280. The molecule has 0 bridgehead atoms. The predicted octanol–water partition coefficient (Wildman–Crippen LogP) is 3.54. The Hall–Kier alpha value is -1.42. The van der Waals surface area contributed by atoms with Gasteiger partial charge >= 0.3 is 0 Å². The molecule has 0 saturated carbocycles. The topological polar surface area (TPSA) is 65.4 Å². The lowest BCUT2D eigenvalue weighted by Gasteiger charge is -2.33. The van der Waals surface area contributed by atoms with Crippen molar-refractivity contribution in [1.29, 1.82) is 0 Å². The molecule has 0 aromatic carbocycles. The molecule has 6 nitrogen and oxygen atoms in total. The van der Waals surface area contributed by atoms with Gasteiger partial charge < -0.3 is 15.5 Å². The molecule has 3 heterocycles. The Kier molecular flexibility index (Phi) is 9.43. The largest absolute Gasteiger partial charge is 0.357 e. The SMILES string of the molecule is CCNC(=NCCc1ncc(C)s1)NC1CCN(c2ccc(C)cn2)CC1.I. The highest BCUT2D eigenvalue weighted by molar-refractivity contribution is 14.0. The lowest BCUT2D eigenvalue weighted by molar-refractivity contribution is 0.459. The van der Waals surface area contributed by atoms with Crippen LogP contribution < -0.4 is 15.5 Å². The second-order valence-electron chi connectivity index (χ2n) is 6.97. The van der Waals surface area contributed by atoms with Gasteiger partial charge in [-0.1, -0.05) is 6.07 Å². The third-order valence-electron chi connectivity index (χ3n) is 4.66. The van der Waals surface area contributed by atoms with Gasteiger partial charge in [-0.15, -0.1) is 35.3 Å². The summed E-state index contributed by atoms with van der Waals surface area (Å²) in [5.74, 6) is 2.00. The smallest absolute Gasteiger partial charge is 0.191 e. The molecule has 1 aliphatic rings. The van der Waals surface area contributed by atoms with Crippen LogP contribution in [0.1, 0.15) is 35.2 Å². The third-order valence-corrected chi connectivity index (χ3v) is 5.64. The molecule has 1 saturated heterocycles. The van der Waals surface area contributed by atoms with Gasteiger partial charge in [0.1, 0.15) is 5.82 Å². The van der Waals surface area contributed by atoms with Crippen molar-refractivity contribution in [2.45, 2.75) is 46.1 Å². The van der Waals surface area contributed by atoms with E-state index < -0.39 is 0 Å². The van der Waals surface area contributed by atoms with E-state index in [-0.39, 0.29) is 24.0 Å². The van der Waals surface area contributed by atoms with Gasteiger partial charge in [0.2, 0.25) is 0 Å². The van der Waals surface area contributed by atoms with E-state index in [1.165, 1.54) is 10.4 Å². The average Bonchev–Trinajstić information content (AvgIpc) is 3.08. The third kappa shape index (κ3) is 6.88. The summed E-state index contributed by atoms with van der Waals surface area (Å²) in [6, 6.07) is 4.70. The number of halogens is 1. The van der Waals surface area contributed by atoms with Crippen molar-refractivity contribution >= 4 is 47.1 Å². The molecule has 1 fully saturated rings. The Morgan fingerprint density at radius 1 is 1.21 bits per heavy atom. The highest BCUT2D eigenvalue weighted by atomic mass is 127. The first-order valence-electron chi connectivity index (χ1n) is 9.78. The van der Waals surface area contributed by atoms with Crippen LogP contribution in [0.4, 0.5) is 5.82 Å². The number of guanidine groups is 1. The first-order valence-corrected chi connectivity index (χ1v) is 10.6. The molecule has 0 radical (unpaired) electrons. The van der Waals surface area contributed by atoms with Crippen LogP contribution in [-0.4, -0.2) is 48.1 Å². The minimum Gasteiger partial charge on any atom is -0.357 e. The van der Waals surface area contributed by atoms with Gasteiger partial charge in [-0.25, -0.2) is 9.97 Å². The summed E-state index contributed by atoms with van der Waals surface area (Å²) in [6.45, 7) is 9.94. The van der Waals surface area contributed by atoms with E-state index in [0.29, 0.717) is 6.04 Å². The molecular weight excluding hydrogens is 483 g/mol. The van der Waals surface area contributed by atoms with Crippen molar-refractivity contribution in [1.82, 2.24) is 20.6 Å². The zero-order chi connectivity index (χ0) is 19.1. The second-order valence-corrected chi connectivity index (χ2v) is 8.29. The van der Waals surface area contributed by atoms with E-state index in [9.17, 15) is 0 Å². The summed E-state index contributed by atoms with van der Waals surface area (Å²) < 4.78 is 0. The molecule has 0 unspecified atom stereocenters. The first kappa shape index (κ1) is 22.9. The monoisotopic (exact) mass is 514 g/mol. The fraction of sp³-hybridized carbons (Fsp3) is 0.550. The van der Waals surface area contributed by atoms with Crippen molar-refractivity contribution in [3.05, 3.63) is 40.0 Å². The minimum atomic E-state index is 0. The summed E-state index contributed by atoms with van der Waals surface area (Å²) in [7, 11) is 0. The maximum Gasteiger partial charge on any atom is 0.191 e. The molecule has 0 spiro atoms. The number of aromatic nitrogens is 2. The van der Waals surface area contributed by atoms with Crippen molar-refractivity contribution in [2.24, 2.45) is 4.99 Å². The van der Waals surface area contributed by atoms with Gasteiger partial charge in [-0.05, 0) is 45.2 Å². The summed E-state index contributed by atoms with van der Waals surface area (Å²) in [5.41, 5.74) is 1.20. The number of anilines is 1. The number of nitrogens with one attached hydrogen (secondary N) is 2. The maximum atomic E-state index is 4.73. The second kappa shape index (κ2) is 11.5. The molecule has 8 heteroatoms. The molecule has 3 rings (SSSR count). The summed E-state index contributed by atoms with van der Waals surface area (Å²) in [6.07, 6.45) is 6.95. The van der Waals surface area contributed by atoms with E-state index in [4.69, 9.17) is 4.99 Å². The molecule has 0 aliphatic carbocycles.